The van der Waals surface area contributed by atoms with Crippen molar-refractivity contribution in [3.05, 3.63) is 42.5 Å². The van der Waals surface area contributed by atoms with Crippen molar-refractivity contribution in [3.8, 4) is 11.5 Å². The summed E-state index contributed by atoms with van der Waals surface area (Å²) in [6.07, 6.45) is -2.01. The van der Waals surface area contributed by atoms with Crippen LogP contribution in [0, 0.1) is 0 Å². The zero-order valence-electron chi connectivity index (χ0n) is 18.7. The van der Waals surface area contributed by atoms with Gasteiger partial charge in [-0.1, -0.05) is 11.2 Å². The van der Waals surface area contributed by atoms with Crippen LogP contribution in [-0.2, 0) is 13.1 Å². The Morgan fingerprint density at radius 2 is 2.17 bits per heavy atom. The molecule has 13 heteroatoms. The minimum absolute atomic E-state index is 0.0184. The molecule has 2 N–H and O–H groups in total. The molecule has 0 spiro atoms. The maximum absolute atomic E-state index is 14.3. The van der Waals surface area contributed by atoms with Crippen molar-refractivity contribution in [2.75, 3.05) is 25.0 Å². The van der Waals surface area contributed by atoms with E-state index in [0.29, 0.717) is 35.3 Å². The summed E-state index contributed by atoms with van der Waals surface area (Å²) >= 11 is 0. The molecule has 1 atom stereocenters. The topological polar surface area (TPSA) is 100 Å². The molecular formula is C22H22F4N8O. The summed E-state index contributed by atoms with van der Waals surface area (Å²) in [4.78, 5) is 10.6. The number of aromatic amines is 1. The lowest BCUT2D eigenvalue weighted by molar-refractivity contribution is -0.139. The van der Waals surface area contributed by atoms with E-state index < -0.39 is 18.9 Å². The standard InChI is InChI=1S/C22H22F4N8O/c1-33(13-8-28-29-9-13)11-20-31-21(32-35-20)19-7-14-16(30-17-5-6-27-10-15(17)23)3-2-4-18(14)34(19)12-22(24,25)26/h2-4,7-9,15,27H,5-6,10-12H2,1H3,(H,28,29)/t15-/m0/s1. The third-order valence-electron chi connectivity index (χ3n) is 5.76. The maximum atomic E-state index is 14.3. The number of nitrogens with zero attached hydrogens (tertiary/aromatic N) is 6. The van der Waals surface area contributed by atoms with Crippen molar-refractivity contribution in [2.45, 2.75) is 31.9 Å². The van der Waals surface area contributed by atoms with E-state index in [2.05, 4.69) is 30.6 Å². The van der Waals surface area contributed by atoms with Gasteiger partial charge in [0.15, 0.2) is 6.17 Å². The Morgan fingerprint density at radius 1 is 1.31 bits per heavy atom. The summed E-state index contributed by atoms with van der Waals surface area (Å²) in [6.45, 7) is -0.264. The largest absolute Gasteiger partial charge is 0.406 e. The van der Waals surface area contributed by atoms with Crippen LogP contribution in [0.25, 0.3) is 22.4 Å². The Morgan fingerprint density at radius 3 is 2.91 bits per heavy atom. The average molecular weight is 490 g/mol. The number of aromatic nitrogens is 5. The molecule has 4 aromatic rings. The Kier molecular flexibility index (Phi) is 6.01. The number of aliphatic imine (C=N–C) groups is 1. The minimum atomic E-state index is -4.49. The Balaban J connectivity index is 1.55. The molecule has 5 rings (SSSR count). The van der Waals surface area contributed by atoms with Crippen molar-refractivity contribution in [1.29, 1.82) is 0 Å². The predicted molar refractivity (Wildman–Crippen MR) is 121 cm³/mol. The van der Waals surface area contributed by atoms with Crippen LogP contribution in [0.15, 0.2) is 46.2 Å². The molecule has 3 aromatic heterocycles. The molecule has 9 nitrogen and oxygen atoms in total. The molecule has 4 heterocycles. The minimum Gasteiger partial charge on any atom is -0.363 e. The van der Waals surface area contributed by atoms with E-state index in [1.165, 1.54) is 0 Å². The van der Waals surface area contributed by atoms with Crippen LogP contribution in [0.5, 0.6) is 0 Å². The lowest BCUT2D eigenvalue weighted by Gasteiger charge is -2.18. The van der Waals surface area contributed by atoms with Crippen molar-refractivity contribution in [1.82, 2.24) is 30.2 Å². The molecule has 0 unspecified atom stereocenters. The van der Waals surface area contributed by atoms with E-state index in [1.807, 2.05) is 0 Å². The van der Waals surface area contributed by atoms with Gasteiger partial charge in [0.1, 0.15) is 6.54 Å². The van der Waals surface area contributed by atoms with E-state index in [0.717, 1.165) is 10.3 Å². The SMILES string of the molecule is CN(Cc1nc(-c2cc3c(N=C4CCNC[C@@H]4F)cccc3n2CC(F)(F)F)no1)c1cn[nH]c1. The zero-order chi connectivity index (χ0) is 24.6. The zero-order valence-corrected chi connectivity index (χ0v) is 18.7. The van der Waals surface area contributed by atoms with Crippen molar-refractivity contribution in [2.24, 2.45) is 4.99 Å². The summed E-state index contributed by atoms with van der Waals surface area (Å²) in [5, 5.41) is 13.9. The molecule has 1 saturated heterocycles. The lowest BCUT2D eigenvalue weighted by atomic mass is 10.1. The predicted octanol–water partition coefficient (Wildman–Crippen LogP) is 4.02. The molecule has 1 aromatic carbocycles. The van der Waals surface area contributed by atoms with Gasteiger partial charge in [-0.2, -0.15) is 23.3 Å². The first-order valence-electron chi connectivity index (χ1n) is 10.9. The number of halogens is 4. The van der Waals surface area contributed by atoms with Crippen molar-refractivity contribution in [3.63, 3.8) is 0 Å². The summed E-state index contributed by atoms with van der Waals surface area (Å²) < 4.78 is 61.3. The van der Waals surface area contributed by atoms with Gasteiger partial charge in [-0.15, -0.1) is 0 Å². The monoisotopic (exact) mass is 490 g/mol. The molecule has 35 heavy (non-hydrogen) atoms. The van der Waals surface area contributed by atoms with Gasteiger partial charge in [0.25, 0.3) is 0 Å². The number of hydrogen-bond acceptors (Lipinski definition) is 7. The van der Waals surface area contributed by atoms with E-state index >= 15 is 0 Å². The Hall–Kier alpha value is -3.74. The van der Waals surface area contributed by atoms with Gasteiger partial charge < -0.3 is 19.3 Å². The highest BCUT2D eigenvalue weighted by molar-refractivity contribution is 5.99. The molecule has 0 amide bonds. The van der Waals surface area contributed by atoms with Crippen LogP contribution >= 0.6 is 0 Å². The molecule has 184 valence electrons. The van der Waals surface area contributed by atoms with Gasteiger partial charge in [0.05, 0.1) is 41.0 Å². The third kappa shape index (κ3) is 4.90. The molecule has 0 radical (unpaired) electrons. The van der Waals surface area contributed by atoms with Crippen LogP contribution in [0.1, 0.15) is 12.3 Å². The molecule has 0 aliphatic carbocycles. The van der Waals surface area contributed by atoms with Crippen molar-refractivity contribution >= 4 is 28.0 Å². The molecule has 1 aliphatic heterocycles. The smallest absolute Gasteiger partial charge is 0.363 e. The number of H-pyrrole nitrogens is 1. The quantitative estimate of drug-likeness (QED) is 0.396. The van der Waals surface area contributed by atoms with Crippen LogP contribution in [0.2, 0.25) is 0 Å². The summed E-state index contributed by atoms with van der Waals surface area (Å²) in [5.74, 6) is 0.243. The third-order valence-corrected chi connectivity index (χ3v) is 5.76. The highest BCUT2D eigenvalue weighted by atomic mass is 19.4. The fourth-order valence-corrected chi connectivity index (χ4v) is 4.07. The van der Waals surface area contributed by atoms with Crippen LogP contribution in [0.3, 0.4) is 0 Å². The van der Waals surface area contributed by atoms with E-state index in [1.54, 1.807) is 48.6 Å². The Bertz CT molecular complexity index is 1340. The fraction of sp³-hybridized carbons (Fsp3) is 0.364. The number of benzene rings is 1. The van der Waals surface area contributed by atoms with Gasteiger partial charge >= 0.3 is 6.18 Å². The van der Waals surface area contributed by atoms with Crippen LogP contribution < -0.4 is 10.2 Å². The summed E-state index contributed by atoms with van der Waals surface area (Å²) in [6, 6.07) is 6.38. The molecule has 1 fully saturated rings. The Labute approximate surface area is 196 Å². The van der Waals surface area contributed by atoms with Crippen molar-refractivity contribution < 1.29 is 22.1 Å². The molecule has 0 bridgehead atoms. The summed E-state index contributed by atoms with van der Waals surface area (Å²) in [5.41, 5.74) is 1.97. The first-order valence-corrected chi connectivity index (χ1v) is 10.9. The first-order chi connectivity index (χ1) is 16.8. The number of anilines is 1. The highest BCUT2D eigenvalue weighted by Gasteiger charge is 2.31. The highest BCUT2D eigenvalue weighted by Crippen LogP contribution is 2.35. The van der Waals surface area contributed by atoms with Gasteiger partial charge in [-0.25, -0.2) is 4.39 Å². The second-order valence-electron chi connectivity index (χ2n) is 8.29. The second-order valence-corrected chi connectivity index (χ2v) is 8.29. The number of fused-ring (bicyclic) bond motifs is 1. The summed E-state index contributed by atoms with van der Waals surface area (Å²) in [7, 11) is 1.79. The van der Waals surface area contributed by atoms with Gasteiger partial charge in [-0.05, 0) is 18.2 Å². The van der Waals surface area contributed by atoms with Crippen LogP contribution in [0.4, 0.5) is 28.9 Å². The second kappa shape index (κ2) is 9.13. The number of piperidine rings is 1. The van der Waals surface area contributed by atoms with Gasteiger partial charge in [-0.3, -0.25) is 10.1 Å². The molecule has 1 aliphatic rings. The molecular weight excluding hydrogens is 468 g/mol. The van der Waals surface area contributed by atoms with E-state index in [4.69, 9.17) is 4.52 Å². The first kappa shape index (κ1) is 23.0. The van der Waals surface area contributed by atoms with Gasteiger partial charge in [0.2, 0.25) is 11.7 Å². The van der Waals surface area contributed by atoms with Crippen LogP contribution in [-0.4, -0.2) is 63.1 Å². The maximum Gasteiger partial charge on any atom is 0.406 e. The lowest BCUT2D eigenvalue weighted by Crippen LogP contribution is -2.38. The van der Waals surface area contributed by atoms with Gasteiger partial charge in [0, 0.05) is 38.1 Å². The number of hydrogen-bond donors (Lipinski definition) is 2. The normalized spacial score (nSPS) is 18.0. The molecule has 0 saturated carbocycles. The van der Waals surface area contributed by atoms with E-state index in [9.17, 15) is 17.6 Å². The van der Waals surface area contributed by atoms with E-state index in [-0.39, 0.29) is 30.5 Å². The average Bonchev–Trinajstić information content (AvgIpc) is 3.55. The number of nitrogens with one attached hydrogen (secondary N) is 2. The fourth-order valence-electron chi connectivity index (χ4n) is 4.07. The number of rotatable bonds is 6. The number of alkyl halides is 4.